The van der Waals surface area contributed by atoms with E-state index in [4.69, 9.17) is 4.74 Å². The molecular formula is C68H127NO5. The molecule has 6 nitrogen and oxygen atoms in total. The molecule has 6 heteroatoms. The highest BCUT2D eigenvalue weighted by Gasteiger charge is 2.20. The van der Waals surface area contributed by atoms with E-state index in [2.05, 4.69) is 67.8 Å². The summed E-state index contributed by atoms with van der Waals surface area (Å²) in [7, 11) is 0. The van der Waals surface area contributed by atoms with E-state index in [1.807, 2.05) is 0 Å². The molecule has 2 atom stereocenters. The molecule has 3 N–H and O–H groups in total. The summed E-state index contributed by atoms with van der Waals surface area (Å²) in [5.74, 6) is -0.0773. The van der Waals surface area contributed by atoms with Crippen molar-refractivity contribution in [3.63, 3.8) is 0 Å². The average molecular weight is 1040 g/mol. The summed E-state index contributed by atoms with van der Waals surface area (Å²) in [6.07, 6.45) is 81.3. The Hall–Kier alpha value is -2.18. The van der Waals surface area contributed by atoms with Gasteiger partial charge in [-0.25, -0.2) is 0 Å². The van der Waals surface area contributed by atoms with Crippen molar-refractivity contribution >= 4 is 11.9 Å². The van der Waals surface area contributed by atoms with Crippen molar-refractivity contribution in [2.45, 2.75) is 360 Å². The Morgan fingerprint density at radius 3 is 1.04 bits per heavy atom. The molecule has 0 aromatic carbocycles. The fraction of sp³-hybridized carbons (Fsp3) is 0.853. The molecular weight excluding hydrogens is 911 g/mol. The Labute approximate surface area is 461 Å². The first-order valence-electron chi connectivity index (χ1n) is 32.9. The maximum absolute atomic E-state index is 12.5. The predicted molar refractivity (Wildman–Crippen MR) is 324 cm³/mol. The van der Waals surface area contributed by atoms with Crippen molar-refractivity contribution in [3.8, 4) is 0 Å². The summed E-state index contributed by atoms with van der Waals surface area (Å²) in [4.78, 5) is 24.6. The van der Waals surface area contributed by atoms with Gasteiger partial charge in [0.2, 0.25) is 5.91 Å². The van der Waals surface area contributed by atoms with Gasteiger partial charge in [-0.05, 0) is 96.3 Å². The molecule has 0 bridgehead atoms. The van der Waals surface area contributed by atoms with E-state index >= 15 is 0 Å². The van der Waals surface area contributed by atoms with Crippen LogP contribution in [0.1, 0.15) is 348 Å². The van der Waals surface area contributed by atoms with Crippen LogP contribution in [0.2, 0.25) is 0 Å². The lowest BCUT2D eigenvalue weighted by atomic mass is 10.0. The van der Waals surface area contributed by atoms with Crippen LogP contribution >= 0.6 is 0 Å². The third kappa shape index (κ3) is 59.1. The number of hydrogen-bond acceptors (Lipinski definition) is 5. The van der Waals surface area contributed by atoms with E-state index in [1.54, 1.807) is 0 Å². The van der Waals surface area contributed by atoms with Crippen LogP contribution in [0.3, 0.4) is 0 Å². The highest BCUT2D eigenvalue weighted by Crippen LogP contribution is 2.18. The number of rotatable bonds is 61. The van der Waals surface area contributed by atoms with Crippen LogP contribution in [0.5, 0.6) is 0 Å². The predicted octanol–water partition coefficient (Wildman–Crippen LogP) is 20.9. The van der Waals surface area contributed by atoms with Crippen molar-refractivity contribution in [2.75, 3.05) is 13.2 Å². The monoisotopic (exact) mass is 1040 g/mol. The van der Waals surface area contributed by atoms with Crippen molar-refractivity contribution in [2.24, 2.45) is 0 Å². The molecule has 0 fully saturated rings. The van der Waals surface area contributed by atoms with Crippen molar-refractivity contribution in [1.29, 1.82) is 0 Å². The zero-order valence-electron chi connectivity index (χ0n) is 49.6. The average Bonchev–Trinajstić information content (AvgIpc) is 3.40. The minimum atomic E-state index is -0.678. The highest BCUT2D eigenvalue weighted by molar-refractivity contribution is 5.76. The van der Waals surface area contributed by atoms with Gasteiger partial charge in [0, 0.05) is 12.8 Å². The second kappa shape index (κ2) is 63.4. The molecule has 0 aliphatic carbocycles. The maximum atomic E-state index is 12.5. The number of aliphatic hydroxyl groups excluding tert-OH is 2. The number of aliphatic hydroxyl groups is 2. The van der Waals surface area contributed by atoms with Crippen molar-refractivity contribution in [3.05, 3.63) is 48.6 Å². The van der Waals surface area contributed by atoms with E-state index < -0.39 is 12.1 Å². The molecule has 0 aliphatic heterocycles. The molecule has 74 heavy (non-hydrogen) atoms. The summed E-state index contributed by atoms with van der Waals surface area (Å²) in [6, 6.07) is -0.557. The summed E-state index contributed by atoms with van der Waals surface area (Å²) in [6.45, 7) is 4.90. The molecule has 0 aromatic rings. The van der Waals surface area contributed by atoms with Gasteiger partial charge >= 0.3 is 5.97 Å². The first-order chi connectivity index (χ1) is 36.5. The summed E-state index contributed by atoms with van der Waals surface area (Å²) in [5, 5.41) is 23.4. The second-order valence-electron chi connectivity index (χ2n) is 22.4. The Bertz CT molecular complexity index is 1240. The maximum Gasteiger partial charge on any atom is 0.305 e. The number of nitrogens with one attached hydrogen (secondary N) is 1. The SMILES string of the molecule is CCCCCC/C=C\C/C=C\CCCCCCCC(=O)OCCCCC/C=C\C/C=C\CCCCCCCCCC(=O)NC(CO)C(O)CCCCCCCCCCCCCCCCCCCCCCCCCC. The van der Waals surface area contributed by atoms with Gasteiger partial charge in [-0.15, -0.1) is 0 Å². The van der Waals surface area contributed by atoms with Gasteiger partial charge in [-0.2, -0.15) is 0 Å². The molecule has 0 rings (SSSR count). The number of unbranched alkanes of at least 4 members (excludes halogenated alkanes) is 42. The van der Waals surface area contributed by atoms with Gasteiger partial charge in [-0.3, -0.25) is 9.59 Å². The Kier molecular flexibility index (Phi) is 61.5. The van der Waals surface area contributed by atoms with Crippen LogP contribution in [0, 0.1) is 0 Å². The quantitative estimate of drug-likeness (QED) is 0.0320. The first-order valence-corrected chi connectivity index (χ1v) is 32.9. The van der Waals surface area contributed by atoms with Crippen LogP contribution in [0.15, 0.2) is 48.6 Å². The van der Waals surface area contributed by atoms with Crippen LogP contribution in [-0.4, -0.2) is 47.4 Å². The number of amides is 1. The van der Waals surface area contributed by atoms with Gasteiger partial charge < -0.3 is 20.3 Å². The van der Waals surface area contributed by atoms with Gasteiger partial charge in [-0.1, -0.05) is 287 Å². The van der Waals surface area contributed by atoms with Gasteiger partial charge in [0.1, 0.15) is 0 Å². The van der Waals surface area contributed by atoms with Gasteiger partial charge in [0.05, 0.1) is 25.4 Å². The fourth-order valence-corrected chi connectivity index (χ4v) is 10.1. The summed E-state index contributed by atoms with van der Waals surface area (Å²) >= 11 is 0. The number of carbonyl (C=O) groups is 2. The summed E-state index contributed by atoms with van der Waals surface area (Å²) < 4.78 is 5.46. The van der Waals surface area contributed by atoms with Gasteiger partial charge in [0.25, 0.3) is 0 Å². The van der Waals surface area contributed by atoms with E-state index in [9.17, 15) is 19.8 Å². The Morgan fingerprint density at radius 2 is 0.676 bits per heavy atom. The Morgan fingerprint density at radius 1 is 0.378 bits per heavy atom. The minimum Gasteiger partial charge on any atom is -0.466 e. The van der Waals surface area contributed by atoms with E-state index in [0.29, 0.717) is 25.9 Å². The number of ether oxygens (including phenoxy) is 1. The molecule has 0 aliphatic rings. The van der Waals surface area contributed by atoms with Crippen molar-refractivity contribution < 1.29 is 24.5 Å². The molecule has 0 spiro atoms. The number of carbonyl (C=O) groups excluding carboxylic acids is 2. The third-order valence-electron chi connectivity index (χ3n) is 15.1. The molecule has 0 radical (unpaired) electrons. The molecule has 0 saturated carbocycles. The normalized spacial score (nSPS) is 12.9. The number of esters is 1. The number of allylic oxidation sites excluding steroid dienone is 8. The molecule has 0 heterocycles. The van der Waals surface area contributed by atoms with E-state index in [1.165, 1.54) is 218 Å². The first kappa shape index (κ1) is 71.8. The van der Waals surface area contributed by atoms with Crippen LogP contribution in [0.25, 0.3) is 0 Å². The highest BCUT2D eigenvalue weighted by atomic mass is 16.5. The second-order valence-corrected chi connectivity index (χ2v) is 22.4. The summed E-state index contributed by atoms with van der Waals surface area (Å²) in [5.41, 5.74) is 0. The zero-order valence-corrected chi connectivity index (χ0v) is 49.6. The topological polar surface area (TPSA) is 95.9 Å². The fourth-order valence-electron chi connectivity index (χ4n) is 10.1. The third-order valence-corrected chi connectivity index (χ3v) is 15.1. The van der Waals surface area contributed by atoms with Gasteiger partial charge in [0.15, 0.2) is 0 Å². The smallest absolute Gasteiger partial charge is 0.305 e. The lowest BCUT2D eigenvalue weighted by Gasteiger charge is -2.22. The lowest BCUT2D eigenvalue weighted by molar-refractivity contribution is -0.143. The molecule has 2 unspecified atom stereocenters. The zero-order chi connectivity index (χ0) is 53.6. The standard InChI is InChI=1S/C68H127NO5/c1-3-5-7-9-11-13-15-17-19-21-22-23-24-25-26-27-29-32-36-40-44-48-52-56-60-66(71)65(64-70)69-67(72)61-57-53-49-45-41-37-33-30-28-31-35-39-43-47-51-55-59-63-74-68(73)62-58-54-50-46-42-38-34-20-18-16-14-12-10-8-6-4-2/h14,16,20,28,31,34,39,43,65-66,70-71H,3-13,15,17-19,21-27,29-30,32-33,35-38,40-42,44-64H2,1-2H3,(H,69,72)/b16-14-,31-28-,34-20-,43-39-. The van der Waals surface area contributed by atoms with Crippen molar-refractivity contribution in [1.82, 2.24) is 5.32 Å². The van der Waals surface area contributed by atoms with E-state index in [0.717, 1.165) is 96.3 Å². The van der Waals surface area contributed by atoms with Crippen LogP contribution < -0.4 is 5.32 Å². The lowest BCUT2D eigenvalue weighted by Crippen LogP contribution is -2.45. The number of hydrogen-bond donors (Lipinski definition) is 3. The minimum absolute atomic E-state index is 0.0286. The molecule has 0 saturated heterocycles. The Balaban J connectivity index is 3.49. The van der Waals surface area contributed by atoms with Crippen LogP contribution in [0.4, 0.5) is 0 Å². The largest absolute Gasteiger partial charge is 0.466 e. The molecule has 434 valence electrons. The molecule has 1 amide bonds. The van der Waals surface area contributed by atoms with Crippen LogP contribution in [-0.2, 0) is 14.3 Å². The molecule has 0 aromatic heterocycles. The van der Waals surface area contributed by atoms with E-state index in [-0.39, 0.29) is 18.5 Å².